The highest BCUT2D eigenvalue weighted by atomic mass is 15.0. The van der Waals surface area contributed by atoms with Crippen LogP contribution in [0.25, 0.3) is 71.6 Å². The van der Waals surface area contributed by atoms with Gasteiger partial charge in [0.15, 0.2) is 0 Å². The lowest BCUT2D eigenvalue weighted by molar-refractivity contribution is 1.18. The average Bonchev–Trinajstić information content (AvgIpc) is 3.34. The van der Waals surface area contributed by atoms with E-state index in [1.165, 1.54) is 27.1 Å². The van der Waals surface area contributed by atoms with Crippen LogP contribution in [0.2, 0.25) is 0 Å². The van der Waals surface area contributed by atoms with Gasteiger partial charge >= 0.3 is 0 Å². The number of rotatable bonds is 3. The van der Waals surface area contributed by atoms with Crippen LogP contribution in [0.15, 0.2) is 140 Å². The molecule has 3 nitrogen and oxygen atoms in total. The molecule has 3 heterocycles. The molecular formula is C36H23N3. The average molecular weight is 498 g/mol. The van der Waals surface area contributed by atoms with Crippen LogP contribution in [0.5, 0.6) is 0 Å². The molecule has 0 fully saturated rings. The Balaban J connectivity index is 1.39. The van der Waals surface area contributed by atoms with Crippen LogP contribution in [0.3, 0.4) is 0 Å². The second-order valence-corrected chi connectivity index (χ2v) is 9.90. The zero-order chi connectivity index (χ0) is 25.8. The fourth-order valence-corrected chi connectivity index (χ4v) is 5.89. The molecule has 8 rings (SSSR count). The molecule has 5 aromatic carbocycles. The Labute approximate surface area is 225 Å². The quantitative estimate of drug-likeness (QED) is 0.244. The molecule has 0 spiro atoms. The lowest BCUT2D eigenvalue weighted by Crippen LogP contribution is -1.95. The minimum atomic E-state index is 0.997. The zero-order valence-electron chi connectivity index (χ0n) is 21.1. The van der Waals surface area contributed by atoms with Gasteiger partial charge in [-0.05, 0) is 47.2 Å². The predicted molar refractivity (Wildman–Crippen MR) is 162 cm³/mol. The Hall–Kier alpha value is -5.28. The van der Waals surface area contributed by atoms with Gasteiger partial charge in [-0.3, -0.25) is 9.97 Å². The topological polar surface area (TPSA) is 30.7 Å². The van der Waals surface area contributed by atoms with Crippen LogP contribution in [0.1, 0.15) is 0 Å². The van der Waals surface area contributed by atoms with Gasteiger partial charge in [-0.25, -0.2) is 0 Å². The second kappa shape index (κ2) is 8.64. The molecule has 0 radical (unpaired) electrons. The Morgan fingerprint density at radius 3 is 1.72 bits per heavy atom. The zero-order valence-corrected chi connectivity index (χ0v) is 21.1. The van der Waals surface area contributed by atoms with E-state index in [1.807, 2.05) is 12.4 Å². The van der Waals surface area contributed by atoms with Gasteiger partial charge in [-0.2, -0.15) is 0 Å². The summed E-state index contributed by atoms with van der Waals surface area (Å²) in [6.45, 7) is 0. The first-order chi connectivity index (χ1) is 19.3. The first-order valence-electron chi connectivity index (χ1n) is 13.2. The van der Waals surface area contributed by atoms with E-state index in [-0.39, 0.29) is 0 Å². The third-order valence-corrected chi connectivity index (χ3v) is 7.67. The fraction of sp³-hybridized carbons (Fsp3) is 0. The molecule has 3 heteroatoms. The molecular weight excluding hydrogens is 474 g/mol. The van der Waals surface area contributed by atoms with Crippen LogP contribution < -0.4 is 0 Å². The van der Waals surface area contributed by atoms with Gasteiger partial charge in [0.05, 0.1) is 22.4 Å². The van der Waals surface area contributed by atoms with E-state index in [1.54, 1.807) is 0 Å². The van der Waals surface area contributed by atoms with E-state index in [0.717, 1.165) is 44.5 Å². The molecule has 39 heavy (non-hydrogen) atoms. The molecule has 0 aliphatic heterocycles. The fourth-order valence-electron chi connectivity index (χ4n) is 5.89. The van der Waals surface area contributed by atoms with Crippen LogP contribution >= 0.6 is 0 Å². The van der Waals surface area contributed by atoms with Crippen molar-refractivity contribution < 1.29 is 0 Å². The molecule has 0 unspecified atom stereocenters. The maximum Gasteiger partial charge on any atom is 0.0781 e. The number of fused-ring (bicyclic) bond motifs is 5. The first-order valence-corrected chi connectivity index (χ1v) is 13.2. The molecule has 0 N–H and O–H groups in total. The molecule has 0 atom stereocenters. The van der Waals surface area contributed by atoms with Crippen LogP contribution in [0.4, 0.5) is 0 Å². The van der Waals surface area contributed by atoms with Gasteiger partial charge in [0, 0.05) is 50.8 Å². The van der Waals surface area contributed by atoms with Crippen molar-refractivity contribution in [2.45, 2.75) is 0 Å². The van der Waals surface area contributed by atoms with E-state index in [0.29, 0.717) is 0 Å². The summed E-state index contributed by atoms with van der Waals surface area (Å²) >= 11 is 0. The molecule has 0 saturated carbocycles. The molecule has 0 saturated heterocycles. The van der Waals surface area contributed by atoms with Crippen molar-refractivity contribution >= 4 is 43.4 Å². The minimum absolute atomic E-state index is 0.997. The van der Waals surface area contributed by atoms with E-state index >= 15 is 0 Å². The summed E-state index contributed by atoms with van der Waals surface area (Å²) in [6, 6.07) is 45.1. The van der Waals surface area contributed by atoms with E-state index < -0.39 is 0 Å². The number of para-hydroxylation sites is 1. The summed E-state index contributed by atoms with van der Waals surface area (Å²) in [5, 5.41) is 7.16. The maximum atomic E-state index is 4.81. The van der Waals surface area contributed by atoms with Gasteiger partial charge in [-0.1, -0.05) is 91.0 Å². The first kappa shape index (κ1) is 21.8. The second-order valence-electron chi connectivity index (χ2n) is 9.90. The largest absolute Gasteiger partial charge is 0.309 e. The SMILES string of the molecule is c1cc(-c2nccc3ccccc23)cc(-n2c3ccccc3c3ccc(-c4nccc5ccccc45)cc32)c1. The normalized spacial score (nSPS) is 11.6. The van der Waals surface area contributed by atoms with E-state index in [2.05, 4.69) is 132 Å². The number of hydrogen-bond acceptors (Lipinski definition) is 2. The third kappa shape index (κ3) is 3.44. The van der Waals surface area contributed by atoms with Crippen LogP contribution in [-0.4, -0.2) is 14.5 Å². The molecule has 182 valence electrons. The van der Waals surface area contributed by atoms with Crippen LogP contribution in [-0.2, 0) is 0 Å². The lowest BCUT2D eigenvalue weighted by atomic mass is 10.0. The number of nitrogens with zero attached hydrogens (tertiary/aromatic N) is 3. The summed E-state index contributed by atoms with van der Waals surface area (Å²) in [5.41, 5.74) is 7.65. The molecule has 0 amide bonds. The lowest BCUT2D eigenvalue weighted by Gasteiger charge is -2.12. The highest BCUT2D eigenvalue weighted by Gasteiger charge is 2.15. The van der Waals surface area contributed by atoms with Crippen molar-refractivity contribution in [3.63, 3.8) is 0 Å². The van der Waals surface area contributed by atoms with Crippen molar-refractivity contribution in [3.8, 4) is 28.2 Å². The van der Waals surface area contributed by atoms with E-state index in [9.17, 15) is 0 Å². The summed E-state index contributed by atoms with van der Waals surface area (Å²) in [6.07, 6.45) is 3.80. The summed E-state index contributed by atoms with van der Waals surface area (Å²) in [7, 11) is 0. The molecule has 0 aliphatic rings. The molecule has 0 bridgehead atoms. The molecule has 8 aromatic rings. The minimum Gasteiger partial charge on any atom is -0.309 e. The van der Waals surface area contributed by atoms with Crippen molar-refractivity contribution in [3.05, 3.63) is 140 Å². The summed E-state index contributed by atoms with van der Waals surface area (Å²) in [4.78, 5) is 9.59. The molecule has 0 aliphatic carbocycles. The third-order valence-electron chi connectivity index (χ3n) is 7.67. The van der Waals surface area contributed by atoms with E-state index in [4.69, 9.17) is 9.97 Å². The van der Waals surface area contributed by atoms with Crippen LogP contribution in [0, 0.1) is 0 Å². The number of hydrogen-bond donors (Lipinski definition) is 0. The van der Waals surface area contributed by atoms with Gasteiger partial charge in [-0.15, -0.1) is 0 Å². The van der Waals surface area contributed by atoms with Crippen molar-refractivity contribution in [1.82, 2.24) is 14.5 Å². The van der Waals surface area contributed by atoms with Gasteiger partial charge in [0.2, 0.25) is 0 Å². The summed E-state index contributed by atoms with van der Waals surface area (Å²) in [5.74, 6) is 0. The smallest absolute Gasteiger partial charge is 0.0781 e. The number of benzene rings is 5. The standard InChI is InChI=1S/C36H23N3/c1-3-12-29-24(8-1)18-20-37-35(29)26-10-7-11-28(22-26)39-33-15-6-5-14-31(33)32-17-16-27(23-34(32)39)36-30-13-4-2-9-25(30)19-21-38-36/h1-23H. The Bertz CT molecular complexity index is 2180. The highest BCUT2D eigenvalue weighted by Crippen LogP contribution is 2.37. The highest BCUT2D eigenvalue weighted by molar-refractivity contribution is 6.11. The summed E-state index contributed by atoms with van der Waals surface area (Å²) < 4.78 is 2.37. The van der Waals surface area contributed by atoms with Crippen molar-refractivity contribution in [1.29, 1.82) is 0 Å². The Kier molecular flexibility index (Phi) is 4.82. The van der Waals surface area contributed by atoms with Crippen molar-refractivity contribution in [2.75, 3.05) is 0 Å². The number of aromatic nitrogens is 3. The van der Waals surface area contributed by atoms with Gasteiger partial charge in [0.25, 0.3) is 0 Å². The number of pyridine rings is 2. The van der Waals surface area contributed by atoms with Gasteiger partial charge < -0.3 is 4.57 Å². The van der Waals surface area contributed by atoms with Crippen molar-refractivity contribution in [2.24, 2.45) is 0 Å². The predicted octanol–water partition coefficient (Wildman–Crippen LogP) is 9.21. The Morgan fingerprint density at radius 2 is 1.00 bits per heavy atom. The maximum absolute atomic E-state index is 4.81. The monoisotopic (exact) mass is 497 g/mol. The Morgan fingerprint density at radius 1 is 0.410 bits per heavy atom. The van der Waals surface area contributed by atoms with Gasteiger partial charge in [0.1, 0.15) is 0 Å². The molecule has 3 aromatic heterocycles.